The molecule has 1 amide bonds. The minimum Gasteiger partial charge on any atom is -0.493 e. The van der Waals surface area contributed by atoms with Crippen LogP contribution < -0.4 is 15.2 Å². The average Bonchev–Trinajstić information content (AvgIpc) is 2.35. The van der Waals surface area contributed by atoms with Gasteiger partial charge in [0.2, 0.25) is 0 Å². The Morgan fingerprint density at radius 2 is 2.22 bits per heavy atom. The molecule has 1 atom stereocenters. The molecular weight excluding hydrogens is 258 g/mol. The number of benzene rings is 1. The number of primary amides is 1. The molecule has 5 nitrogen and oxygen atoms in total. The van der Waals surface area contributed by atoms with Crippen molar-refractivity contribution in [2.75, 3.05) is 7.11 Å². The lowest BCUT2D eigenvalue weighted by molar-refractivity contribution is -0.124. The first kappa shape index (κ1) is 14.6. The lowest BCUT2D eigenvalue weighted by Crippen LogP contribution is -2.33. The molecule has 18 heavy (non-hydrogen) atoms. The Hall–Kier alpha value is -1.46. The van der Waals surface area contributed by atoms with E-state index < -0.39 is 12.0 Å². The highest BCUT2D eigenvalue weighted by Crippen LogP contribution is 2.37. The summed E-state index contributed by atoms with van der Waals surface area (Å²) in [5.74, 6) is 0.0371. The van der Waals surface area contributed by atoms with Gasteiger partial charge in [-0.25, -0.2) is 0 Å². The second kappa shape index (κ2) is 6.47. The number of aliphatic hydroxyl groups is 1. The minimum absolute atomic E-state index is 0.163. The maximum Gasteiger partial charge on any atom is 0.258 e. The highest BCUT2D eigenvalue weighted by molar-refractivity contribution is 6.32. The summed E-state index contributed by atoms with van der Waals surface area (Å²) in [6, 6.07) is 3.14. The molecule has 0 saturated carbocycles. The number of aliphatic hydroxyl groups excluding tert-OH is 1. The van der Waals surface area contributed by atoms with Crippen LogP contribution in [0.2, 0.25) is 5.02 Å². The van der Waals surface area contributed by atoms with Crippen LogP contribution in [0.5, 0.6) is 11.5 Å². The molecule has 0 fully saturated rings. The zero-order valence-electron chi connectivity index (χ0n) is 10.3. The predicted octanol–water partition coefficient (Wildman–Crippen LogP) is 1.48. The summed E-state index contributed by atoms with van der Waals surface area (Å²) in [6.45, 7) is 1.61. The summed E-state index contributed by atoms with van der Waals surface area (Å²) in [7, 11) is 1.45. The molecule has 0 aromatic heterocycles. The Kier molecular flexibility index (Phi) is 5.25. The molecule has 3 N–H and O–H groups in total. The van der Waals surface area contributed by atoms with Gasteiger partial charge in [-0.2, -0.15) is 0 Å². The molecule has 0 aliphatic carbocycles. The number of carbonyl (C=O) groups is 1. The molecule has 1 unspecified atom stereocenters. The van der Waals surface area contributed by atoms with Crippen LogP contribution in [-0.2, 0) is 11.4 Å². The zero-order chi connectivity index (χ0) is 13.7. The number of amides is 1. The van der Waals surface area contributed by atoms with Gasteiger partial charge in [-0.3, -0.25) is 4.79 Å². The van der Waals surface area contributed by atoms with E-state index in [1.165, 1.54) is 7.11 Å². The monoisotopic (exact) mass is 273 g/mol. The van der Waals surface area contributed by atoms with Crippen molar-refractivity contribution in [3.8, 4) is 11.5 Å². The number of hydrogen-bond acceptors (Lipinski definition) is 4. The van der Waals surface area contributed by atoms with Gasteiger partial charge < -0.3 is 20.3 Å². The van der Waals surface area contributed by atoms with Crippen LogP contribution in [0.15, 0.2) is 12.1 Å². The minimum atomic E-state index is -0.767. The summed E-state index contributed by atoms with van der Waals surface area (Å²) in [6.07, 6.45) is -0.340. The van der Waals surface area contributed by atoms with Crippen molar-refractivity contribution in [3.05, 3.63) is 22.7 Å². The maximum atomic E-state index is 11.1. The first-order chi connectivity index (χ1) is 8.53. The van der Waals surface area contributed by atoms with Crippen LogP contribution in [0.4, 0.5) is 0 Å². The van der Waals surface area contributed by atoms with E-state index in [-0.39, 0.29) is 17.4 Å². The van der Waals surface area contributed by atoms with Crippen molar-refractivity contribution >= 4 is 17.5 Å². The fraction of sp³-hybridized carbons (Fsp3) is 0.417. The van der Waals surface area contributed by atoms with Crippen LogP contribution >= 0.6 is 11.6 Å². The number of hydrogen-bond donors (Lipinski definition) is 2. The van der Waals surface area contributed by atoms with Crippen molar-refractivity contribution in [1.29, 1.82) is 0 Å². The molecule has 0 heterocycles. The second-order valence-corrected chi connectivity index (χ2v) is 4.09. The predicted molar refractivity (Wildman–Crippen MR) is 67.8 cm³/mol. The standard InChI is InChI=1S/C12H16ClNO4/c1-3-9(12(14)16)18-11-8(13)4-7(6-15)5-10(11)17-2/h4-5,9,15H,3,6H2,1-2H3,(H2,14,16). The van der Waals surface area contributed by atoms with Crippen molar-refractivity contribution in [2.24, 2.45) is 5.73 Å². The Morgan fingerprint density at radius 1 is 1.56 bits per heavy atom. The highest BCUT2D eigenvalue weighted by atomic mass is 35.5. The molecule has 0 aliphatic heterocycles. The SMILES string of the molecule is CCC(Oc1c(Cl)cc(CO)cc1OC)C(N)=O. The van der Waals surface area contributed by atoms with Gasteiger partial charge in [0.25, 0.3) is 5.91 Å². The third kappa shape index (κ3) is 3.27. The molecule has 1 aromatic carbocycles. The first-order valence-electron chi connectivity index (χ1n) is 5.46. The van der Waals surface area contributed by atoms with E-state index in [9.17, 15) is 4.79 Å². The quantitative estimate of drug-likeness (QED) is 0.823. The van der Waals surface area contributed by atoms with Crippen LogP contribution in [-0.4, -0.2) is 24.2 Å². The molecule has 0 bridgehead atoms. The number of methoxy groups -OCH3 is 1. The zero-order valence-corrected chi connectivity index (χ0v) is 11.0. The van der Waals surface area contributed by atoms with Gasteiger partial charge >= 0.3 is 0 Å². The first-order valence-corrected chi connectivity index (χ1v) is 5.84. The van der Waals surface area contributed by atoms with E-state index in [0.717, 1.165) is 0 Å². The number of rotatable bonds is 6. The lowest BCUT2D eigenvalue weighted by atomic mass is 10.2. The Balaban J connectivity index is 3.11. The number of carbonyl (C=O) groups excluding carboxylic acids is 1. The normalized spacial score (nSPS) is 12.0. The molecular formula is C12H16ClNO4. The molecule has 0 aliphatic rings. The van der Waals surface area contributed by atoms with E-state index in [4.69, 9.17) is 31.9 Å². The summed E-state index contributed by atoms with van der Waals surface area (Å²) < 4.78 is 10.6. The van der Waals surface area contributed by atoms with Gasteiger partial charge in [-0.15, -0.1) is 0 Å². The molecule has 1 rings (SSSR count). The molecule has 100 valence electrons. The third-order valence-electron chi connectivity index (χ3n) is 2.42. The van der Waals surface area contributed by atoms with Gasteiger partial charge in [-0.1, -0.05) is 18.5 Å². The summed E-state index contributed by atoms with van der Waals surface area (Å²) >= 11 is 6.03. The fourth-order valence-corrected chi connectivity index (χ4v) is 1.74. The van der Waals surface area contributed by atoms with Crippen molar-refractivity contribution in [2.45, 2.75) is 26.1 Å². The van der Waals surface area contributed by atoms with Gasteiger partial charge in [0.15, 0.2) is 17.6 Å². The molecule has 0 spiro atoms. The number of ether oxygens (including phenoxy) is 2. The van der Waals surface area contributed by atoms with Crippen LogP contribution in [0, 0.1) is 0 Å². The molecule has 0 saturated heterocycles. The number of nitrogens with two attached hydrogens (primary N) is 1. The van der Waals surface area contributed by atoms with Crippen LogP contribution in [0.25, 0.3) is 0 Å². The Bertz CT molecular complexity index is 436. The second-order valence-electron chi connectivity index (χ2n) is 3.68. The fourth-order valence-electron chi connectivity index (χ4n) is 1.46. The average molecular weight is 274 g/mol. The van der Waals surface area contributed by atoms with Gasteiger partial charge in [0.05, 0.1) is 18.7 Å². The van der Waals surface area contributed by atoms with Crippen molar-refractivity contribution in [1.82, 2.24) is 0 Å². The Morgan fingerprint density at radius 3 is 2.67 bits per heavy atom. The van der Waals surface area contributed by atoms with Gasteiger partial charge in [0, 0.05) is 0 Å². The van der Waals surface area contributed by atoms with Crippen LogP contribution in [0.1, 0.15) is 18.9 Å². The van der Waals surface area contributed by atoms with E-state index >= 15 is 0 Å². The van der Waals surface area contributed by atoms with E-state index in [1.54, 1.807) is 19.1 Å². The van der Waals surface area contributed by atoms with Gasteiger partial charge in [-0.05, 0) is 24.1 Å². The van der Waals surface area contributed by atoms with Crippen molar-refractivity contribution in [3.63, 3.8) is 0 Å². The van der Waals surface area contributed by atoms with Crippen molar-refractivity contribution < 1.29 is 19.4 Å². The summed E-state index contributed by atoms with van der Waals surface area (Å²) in [4.78, 5) is 11.1. The largest absolute Gasteiger partial charge is 0.493 e. The van der Waals surface area contributed by atoms with E-state index in [2.05, 4.69) is 0 Å². The van der Waals surface area contributed by atoms with E-state index in [0.29, 0.717) is 17.7 Å². The summed E-state index contributed by atoms with van der Waals surface area (Å²) in [5, 5.41) is 9.32. The topological polar surface area (TPSA) is 81.8 Å². The smallest absolute Gasteiger partial charge is 0.258 e. The van der Waals surface area contributed by atoms with E-state index in [1.807, 2.05) is 0 Å². The molecule has 0 radical (unpaired) electrons. The summed E-state index contributed by atoms with van der Waals surface area (Å²) in [5.41, 5.74) is 5.80. The molecule has 1 aromatic rings. The maximum absolute atomic E-state index is 11.1. The lowest BCUT2D eigenvalue weighted by Gasteiger charge is -2.18. The highest BCUT2D eigenvalue weighted by Gasteiger charge is 2.20. The Labute approximate surface area is 110 Å². The van der Waals surface area contributed by atoms with Gasteiger partial charge in [0.1, 0.15) is 0 Å². The third-order valence-corrected chi connectivity index (χ3v) is 2.70. The van der Waals surface area contributed by atoms with Crippen LogP contribution in [0.3, 0.4) is 0 Å². The molecule has 6 heteroatoms. The number of halogens is 1.